The summed E-state index contributed by atoms with van der Waals surface area (Å²) in [4.78, 5) is 38.6. The lowest BCUT2D eigenvalue weighted by Crippen LogP contribution is -2.40. The van der Waals surface area contributed by atoms with Crippen molar-refractivity contribution < 1.29 is 19.1 Å². The summed E-state index contributed by atoms with van der Waals surface area (Å²) in [5, 5.41) is 2.86. The molecule has 2 aromatic carbocycles. The van der Waals surface area contributed by atoms with Crippen molar-refractivity contribution in [3.05, 3.63) is 59.2 Å². The lowest BCUT2D eigenvalue weighted by atomic mass is 9.88. The van der Waals surface area contributed by atoms with E-state index in [-0.39, 0.29) is 23.5 Å². The van der Waals surface area contributed by atoms with Gasteiger partial charge < -0.3 is 15.0 Å². The number of aryl methyl sites for hydroxylation is 2. The minimum atomic E-state index is -0.00104. The van der Waals surface area contributed by atoms with E-state index in [1.54, 1.807) is 0 Å². The Morgan fingerprint density at radius 3 is 2.56 bits per heavy atom. The van der Waals surface area contributed by atoms with Crippen LogP contribution in [-0.2, 0) is 16.0 Å². The van der Waals surface area contributed by atoms with Crippen LogP contribution in [0.1, 0.15) is 53.6 Å². The zero-order valence-corrected chi connectivity index (χ0v) is 18.6. The Morgan fingerprint density at radius 1 is 1.06 bits per heavy atom. The summed E-state index contributed by atoms with van der Waals surface area (Å²) in [7, 11) is 0. The number of nitrogens with one attached hydrogen (secondary N) is 1. The molecule has 0 atom stereocenters. The van der Waals surface area contributed by atoms with E-state index in [1.165, 1.54) is 0 Å². The van der Waals surface area contributed by atoms with Gasteiger partial charge in [-0.25, -0.2) is 0 Å². The maximum absolute atomic E-state index is 12.7. The van der Waals surface area contributed by atoms with Crippen LogP contribution in [0.3, 0.4) is 0 Å². The summed E-state index contributed by atoms with van der Waals surface area (Å²) >= 11 is 0. The molecule has 2 aliphatic heterocycles. The number of fused-ring (bicyclic) bond motifs is 1. The molecular weight excluding hydrogens is 404 g/mol. The smallest absolute Gasteiger partial charge is 0.224 e. The molecule has 0 saturated carbocycles. The number of anilines is 1. The zero-order chi connectivity index (χ0) is 22.5. The number of likely N-dealkylation sites (tertiary alicyclic amines) is 1. The highest BCUT2D eigenvalue weighted by atomic mass is 16.5. The van der Waals surface area contributed by atoms with Crippen molar-refractivity contribution >= 4 is 23.3 Å². The summed E-state index contributed by atoms with van der Waals surface area (Å²) in [6.07, 6.45) is 3.76. The van der Waals surface area contributed by atoms with Crippen LogP contribution >= 0.6 is 0 Å². The van der Waals surface area contributed by atoms with Gasteiger partial charge >= 0.3 is 0 Å². The third-order valence-electron chi connectivity index (χ3n) is 6.33. The number of benzene rings is 2. The number of hydrogen-bond acceptors (Lipinski definition) is 4. The van der Waals surface area contributed by atoms with Crippen molar-refractivity contribution in [3.8, 4) is 5.75 Å². The molecule has 4 rings (SSSR count). The molecule has 6 nitrogen and oxygen atoms in total. The predicted molar refractivity (Wildman–Crippen MR) is 123 cm³/mol. The first-order valence-corrected chi connectivity index (χ1v) is 11.4. The molecule has 1 N–H and O–H groups in total. The molecule has 1 fully saturated rings. The second kappa shape index (κ2) is 9.98. The van der Waals surface area contributed by atoms with Gasteiger partial charge in [0.15, 0.2) is 5.78 Å². The number of rotatable bonds is 7. The molecule has 32 heavy (non-hydrogen) atoms. The molecule has 2 amide bonds. The number of ether oxygens (including phenoxy) is 1. The van der Waals surface area contributed by atoms with Gasteiger partial charge in [0.25, 0.3) is 0 Å². The molecule has 0 radical (unpaired) electrons. The second-order valence-electron chi connectivity index (χ2n) is 8.70. The highest BCUT2D eigenvalue weighted by Gasteiger charge is 2.27. The van der Waals surface area contributed by atoms with E-state index < -0.39 is 0 Å². The zero-order valence-electron chi connectivity index (χ0n) is 18.6. The predicted octanol–water partition coefficient (Wildman–Crippen LogP) is 4.16. The van der Waals surface area contributed by atoms with Crippen LogP contribution < -0.4 is 10.1 Å². The molecule has 2 aromatic rings. The van der Waals surface area contributed by atoms with Crippen LogP contribution in [0.2, 0.25) is 0 Å². The molecule has 2 aliphatic rings. The van der Waals surface area contributed by atoms with E-state index in [0.29, 0.717) is 39.0 Å². The highest BCUT2D eigenvalue weighted by Crippen LogP contribution is 2.27. The van der Waals surface area contributed by atoms with E-state index in [9.17, 15) is 14.4 Å². The molecule has 0 aromatic heterocycles. The average molecular weight is 435 g/mol. The highest BCUT2D eigenvalue weighted by molar-refractivity contribution is 5.98. The maximum Gasteiger partial charge on any atom is 0.224 e. The van der Waals surface area contributed by atoms with Crippen LogP contribution in [0.15, 0.2) is 42.5 Å². The Hall–Kier alpha value is -3.15. The summed E-state index contributed by atoms with van der Waals surface area (Å²) in [5.41, 5.74) is 3.85. The SMILES string of the molecule is Cc1ccc(C(=O)C2CCN(C(=O)CCCOc3ccc4c(c3)CCC(=O)N4)CC2)cc1. The molecule has 0 aliphatic carbocycles. The van der Waals surface area contributed by atoms with E-state index in [4.69, 9.17) is 4.74 Å². The molecule has 6 heteroatoms. The van der Waals surface area contributed by atoms with Gasteiger partial charge in [-0.3, -0.25) is 14.4 Å². The number of carbonyl (C=O) groups is 3. The third-order valence-corrected chi connectivity index (χ3v) is 6.33. The monoisotopic (exact) mass is 434 g/mol. The first kappa shape index (κ1) is 22.1. The minimum Gasteiger partial charge on any atom is -0.494 e. The Bertz CT molecular complexity index is 991. The Kier molecular flexibility index (Phi) is 6.88. The minimum absolute atomic E-state index is 0.00104. The normalized spacial score (nSPS) is 16.3. The van der Waals surface area contributed by atoms with E-state index in [0.717, 1.165) is 47.4 Å². The Morgan fingerprint density at radius 2 is 1.81 bits per heavy atom. The van der Waals surface area contributed by atoms with Gasteiger partial charge in [-0.1, -0.05) is 29.8 Å². The van der Waals surface area contributed by atoms with Crippen molar-refractivity contribution in [2.45, 2.75) is 45.4 Å². The average Bonchev–Trinajstić information content (AvgIpc) is 2.82. The number of hydrogen-bond donors (Lipinski definition) is 1. The summed E-state index contributed by atoms with van der Waals surface area (Å²) in [6.45, 7) is 3.76. The van der Waals surface area contributed by atoms with Gasteiger partial charge in [-0.2, -0.15) is 0 Å². The van der Waals surface area contributed by atoms with Crippen LogP contribution in [0.25, 0.3) is 0 Å². The Balaban J connectivity index is 1.17. The van der Waals surface area contributed by atoms with E-state index >= 15 is 0 Å². The molecule has 168 valence electrons. The van der Waals surface area contributed by atoms with Crippen molar-refractivity contribution in [3.63, 3.8) is 0 Å². The summed E-state index contributed by atoms with van der Waals surface area (Å²) in [5.74, 6) is 1.13. The van der Waals surface area contributed by atoms with Crippen LogP contribution in [0, 0.1) is 12.8 Å². The topological polar surface area (TPSA) is 75.7 Å². The van der Waals surface area contributed by atoms with Crippen LogP contribution in [0.5, 0.6) is 5.75 Å². The summed E-state index contributed by atoms with van der Waals surface area (Å²) in [6, 6.07) is 13.4. The fourth-order valence-electron chi connectivity index (χ4n) is 4.37. The third kappa shape index (κ3) is 5.36. The van der Waals surface area contributed by atoms with Crippen LogP contribution in [-0.4, -0.2) is 42.2 Å². The van der Waals surface area contributed by atoms with Crippen LogP contribution in [0.4, 0.5) is 5.69 Å². The number of ketones is 1. The summed E-state index contributed by atoms with van der Waals surface area (Å²) < 4.78 is 5.81. The van der Waals surface area contributed by atoms with E-state index in [2.05, 4.69) is 5.32 Å². The Labute approximate surface area is 188 Å². The van der Waals surface area contributed by atoms with Gasteiger partial charge in [0.2, 0.25) is 11.8 Å². The lowest BCUT2D eigenvalue weighted by Gasteiger charge is -2.31. The standard InChI is InChI=1S/C26H30N2O4/c1-18-4-6-19(7-5-18)26(31)20-12-14-28(15-13-20)25(30)3-2-16-32-22-9-10-23-21(17-22)8-11-24(29)27-23/h4-7,9-10,17,20H,2-3,8,11-16H2,1H3,(H,27,29). The lowest BCUT2D eigenvalue weighted by molar-refractivity contribution is -0.132. The van der Waals surface area contributed by atoms with Gasteiger partial charge in [-0.15, -0.1) is 0 Å². The molecule has 1 saturated heterocycles. The fraction of sp³-hybridized carbons (Fsp3) is 0.423. The fourth-order valence-corrected chi connectivity index (χ4v) is 4.37. The maximum atomic E-state index is 12.7. The van der Waals surface area contributed by atoms with Crippen molar-refractivity contribution in [1.82, 2.24) is 4.90 Å². The van der Waals surface area contributed by atoms with Crippen molar-refractivity contribution in [2.24, 2.45) is 5.92 Å². The number of piperidine rings is 1. The quantitative estimate of drug-likeness (QED) is 0.524. The van der Waals surface area contributed by atoms with Crippen molar-refractivity contribution in [1.29, 1.82) is 0 Å². The van der Waals surface area contributed by atoms with Gasteiger partial charge in [0.1, 0.15) is 5.75 Å². The largest absolute Gasteiger partial charge is 0.494 e. The van der Waals surface area contributed by atoms with Gasteiger partial charge in [-0.05, 0) is 56.4 Å². The molecule has 0 bridgehead atoms. The molecule has 0 unspecified atom stereocenters. The number of amides is 2. The molecule has 2 heterocycles. The number of nitrogens with zero attached hydrogens (tertiary/aromatic N) is 1. The number of carbonyl (C=O) groups excluding carboxylic acids is 3. The van der Waals surface area contributed by atoms with Gasteiger partial charge in [0, 0.05) is 43.1 Å². The number of Topliss-reactive ketones (excluding diaryl/α,β-unsaturated/α-hetero) is 1. The second-order valence-corrected chi connectivity index (χ2v) is 8.70. The van der Waals surface area contributed by atoms with Gasteiger partial charge in [0.05, 0.1) is 6.61 Å². The molecule has 0 spiro atoms. The van der Waals surface area contributed by atoms with E-state index in [1.807, 2.05) is 54.3 Å². The van der Waals surface area contributed by atoms with Crippen molar-refractivity contribution in [2.75, 3.05) is 25.0 Å². The molecular formula is C26H30N2O4. The first-order valence-electron chi connectivity index (χ1n) is 11.4. The first-order chi connectivity index (χ1) is 15.5.